The molecule has 128 valence electrons. The Balaban J connectivity index is 1.89. The first-order chi connectivity index (χ1) is 10.9. The SMILES string of the molecule is CCC1(CO)CCN(C(=O)COc2cc(C)c(Cl)c(C)c2)CC1. The molecule has 0 bridgehead atoms. The van der Waals surface area contributed by atoms with Crippen molar-refractivity contribution in [3.05, 3.63) is 28.3 Å². The summed E-state index contributed by atoms with van der Waals surface area (Å²) in [5.74, 6) is 0.672. The fourth-order valence-corrected chi connectivity index (χ4v) is 3.19. The Morgan fingerprint density at radius 2 is 1.87 bits per heavy atom. The second-order valence-electron chi connectivity index (χ2n) is 6.55. The van der Waals surface area contributed by atoms with E-state index in [2.05, 4.69) is 6.92 Å². The van der Waals surface area contributed by atoms with E-state index in [9.17, 15) is 9.90 Å². The van der Waals surface area contributed by atoms with Gasteiger partial charge in [-0.1, -0.05) is 18.5 Å². The molecule has 1 aromatic carbocycles. The van der Waals surface area contributed by atoms with Gasteiger partial charge in [0, 0.05) is 24.7 Å². The molecule has 1 saturated heterocycles. The van der Waals surface area contributed by atoms with Crippen molar-refractivity contribution in [1.29, 1.82) is 0 Å². The molecule has 4 nitrogen and oxygen atoms in total. The van der Waals surface area contributed by atoms with E-state index in [1.54, 1.807) is 0 Å². The van der Waals surface area contributed by atoms with Gasteiger partial charge in [0.15, 0.2) is 6.61 Å². The number of aliphatic hydroxyl groups excluding tert-OH is 1. The number of carbonyl (C=O) groups excluding carboxylic acids is 1. The highest BCUT2D eigenvalue weighted by atomic mass is 35.5. The van der Waals surface area contributed by atoms with Crippen LogP contribution in [0.5, 0.6) is 5.75 Å². The molecule has 1 aromatic rings. The van der Waals surface area contributed by atoms with Crippen LogP contribution >= 0.6 is 11.6 Å². The monoisotopic (exact) mass is 339 g/mol. The second kappa shape index (κ2) is 7.54. The predicted octanol–water partition coefficient (Wildman–Crippen LogP) is 3.35. The molecule has 1 N–H and O–H groups in total. The lowest BCUT2D eigenvalue weighted by Crippen LogP contribution is -2.46. The number of rotatable bonds is 5. The lowest BCUT2D eigenvalue weighted by Gasteiger charge is -2.40. The first-order valence-corrected chi connectivity index (χ1v) is 8.57. The summed E-state index contributed by atoms with van der Waals surface area (Å²) in [6.45, 7) is 7.57. The molecule has 0 radical (unpaired) electrons. The first-order valence-electron chi connectivity index (χ1n) is 8.19. The number of hydrogen-bond donors (Lipinski definition) is 1. The third-order valence-corrected chi connectivity index (χ3v) is 5.63. The minimum Gasteiger partial charge on any atom is -0.484 e. The first kappa shape index (κ1) is 18.1. The molecule has 0 spiro atoms. The van der Waals surface area contributed by atoms with Crippen molar-refractivity contribution in [2.45, 2.75) is 40.0 Å². The Kier molecular flexibility index (Phi) is 5.93. The Bertz CT molecular complexity index is 536. The largest absolute Gasteiger partial charge is 0.484 e. The highest BCUT2D eigenvalue weighted by Crippen LogP contribution is 2.34. The van der Waals surface area contributed by atoms with Crippen LogP contribution in [0.15, 0.2) is 12.1 Å². The minimum absolute atomic E-state index is 0.00195. The van der Waals surface area contributed by atoms with Gasteiger partial charge < -0.3 is 14.7 Å². The van der Waals surface area contributed by atoms with E-state index < -0.39 is 0 Å². The maximum absolute atomic E-state index is 12.3. The molecule has 0 saturated carbocycles. The van der Waals surface area contributed by atoms with Gasteiger partial charge in [0.05, 0.1) is 0 Å². The van der Waals surface area contributed by atoms with Crippen molar-refractivity contribution in [2.75, 3.05) is 26.3 Å². The molecule has 1 aliphatic heterocycles. The predicted molar refractivity (Wildman–Crippen MR) is 92.0 cm³/mol. The van der Waals surface area contributed by atoms with Gasteiger partial charge in [0.2, 0.25) is 0 Å². The van der Waals surface area contributed by atoms with Gasteiger partial charge in [-0.3, -0.25) is 4.79 Å². The number of amides is 1. The summed E-state index contributed by atoms with van der Waals surface area (Å²) in [5.41, 5.74) is 1.88. The Morgan fingerprint density at radius 1 is 1.30 bits per heavy atom. The number of hydrogen-bond acceptors (Lipinski definition) is 3. The number of halogens is 1. The van der Waals surface area contributed by atoms with Crippen molar-refractivity contribution in [3.8, 4) is 5.75 Å². The maximum atomic E-state index is 12.3. The molecule has 0 unspecified atom stereocenters. The zero-order chi connectivity index (χ0) is 17.0. The molecule has 5 heteroatoms. The highest BCUT2D eigenvalue weighted by Gasteiger charge is 2.33. The van der Waals surface area contributed by atoms with Crippen molar-refractivity contribution in [2.24, 2.45) is 5.41 Å². The van der Waals surface area contributed by atoms with Crippen molar-refractivity contribution >= 4 is 17.5 Å². The Morgan fingerprint density at radius 3 is 2.35 bits per heavy atom. The van der Waals surface area contributed by atoms with Gasteiger partial charge in [-0.2, -0.15) is 0 Å². The summed E-state index contributed by atoms with van der Waals surface area (Å²) >= 11 is 6.14. The Hall–Kier alpha value is -1.26. The van der Waals surface area contributed by atoms with Crippen molar-refractivity contribution in [3.63, 3.8) is 0 Å². The molecular weight excluding hydrogens is 314 g/mol. The number of likely N-dealkylation sites (tertiary alicyclic amines) is 1. The molecule has 1 aliphatic rings. The topological polar surface area (TPSA) is 49.8 Å². The molecule has 0 aliphatic carbocycles. The van der Waals surface area contributed by atoms with Crippen LogP contribution in [0.3, 0.4) is 0 Å². The van der Waals surface area contributed by atoms with Crippen LogP contribution in [0.25, 0.3) is 0 Å². The number of aryl methyl sites for hydroxylation is 2. The van der Waals surface area contributed by atoms with Crippen LogP contribution in [0, 0.1) is 19.3 Å². The number of carbonyl (C=O) groups is 1. The fraction of sp³-hybridized carbons (Fsp3) is 0.611. The third-order valence-electron chi connectivity index (χ3n) is 5.03. The Labute approximate surface area is 143 Å². The van der Waals surface area contributed by atoms with Crippen LogP contribution in [0.1, 0.15) is 37.3 Å². The quantitative estimate of drug-likeness (QED) is 0.895. The van der Waals surface area contributed by atoms with Crippen LogP contribution < -0.4 is 4.74 Å². The smallest absolute Gasteiger partial charge is 0.260 e. The number of piperidine rings is 1. The van der Waals surface area contributed by atoms with Crippen LogP contribution in [0.2, 0.25) is 5.02 Å². The van der Waals surface area contributed by atoms with E-state index in [1.807, 2.05) is 30.9 Å². The van der Waals surface area contributed by atoms with Gasteiger partial charge in [-0.15, -0.1) is 0 Å². The fourth-order valence-electron chi connectivity index (χ4n) is 3.08. The van der Waals surface area contributed by atoms with E-state index in [-0.39, 0.29) is 24.5 Å². The highest BCUT2D eigenvalue weighted by molar-refractivity contribution is 6.32. The van der Waals surface area contributed by atoms with Crippen LogP contribution in [0.4, 0.5) is 0 Å². The standard InChI is InChI=1S/C18H26ClNO3/c1-4-18(12-21)5-7-20(8-6-18)16(22)11-23-15-9-13(2)17(19)14(3)10-15/h9-10,21H,4-8,11-12H2,1-3H3. The molecule has 0 atom stereocenters. The molecule has 1 fully saturated rings. The number of aliphatic hydroxyl groups is 1. The maximum Gasteiger partial charge on any atom is 0.260 e. The number of ether oxygens (including phenoxy) is 1. The van der Waals surface area contributed by atoms with E-state index >= 15 is 0 Å². The zero-order valence-electron chi connectivity index (χ0n) is 14.2. The minimum atomic E-state index is -0.0119. The van der Waals surface area contributed by atoms with E-state index in [0.29, 0.717) is 18.8 Å². The summed E-state index contributed by atoms with van der Waals surface area (Å²) in [4.78, 5) is 14.1. The average Bonchev–Trinajstić information content (AvgIpc) is 2.57. The zero-order valence-corrected chi connectivity index (χ0v) is 14.9. The summed E-state index contributed by atoms with van der Waals surface area (Å²) in [5, 5.41) is 10.3. The summed E-state index contributed by atoms with van der Waals surface area (Å²) in [7, 11) is 0. The summed E-state index contributed by atoms with van der Waals surface area (Å²) in [6, 6.07) is 3.71. The third kappa shape index (κ3) is 4.18. The van der Waals surface area contributed by atoms with E-state index in [4.69, 9.17) is 16.3 Å². The van der Waals surface area contributed by atoms with E-state index in [0.717, 1.165) is 35.4 Å². The lowest BCUT2D eigenvalue weighted by atomic mass is 9.77. The lowest BCUT2D eigenvalue weighted by molar-refractivity contribution is -0.136. The molecule has 1 heterocycles. The van der Waals surface area contributed by atoms with Gasteiger partial charge in [0.25, 0.3) is 5.91 Å². The average molecular weight is 340 g/mol. The molecular formula is C18H26ClNO3. The van der Waals surface area contributed by atoms with Gasteiger partial charge in [-0.25, -0.2) is 0 Å². The van der Waals surface area contributed by atoms with E-state index in [1.165, 1.54) is 0 Å². The molecule has 0 aromatic heterocycles. The van der Waals surface area contributed by atoms with Gasteiger partial charge >= 0.3 is 0 Å². The molecule has 23 heavy (non-hydrogen) atoms. The number of nitrogens with zero attached hydrogens (tertiary/aromatic N) is 1. The molecule has 1 amide bonds. The van der Waals surface area contributed by atoms with Crippen molar-refractivity contribution < 1.29 is 14.6 Å². The van der Waals surface area contributed by atoms with Crippen LogP contribution in [-0.2, 0) is 4.79 Å². The molecule has 2 rings (SSSR count). The van der Waals surface area contributed by atoms with Gasteiger partial charge in [0.1, 0.15) is 5.75 Å². The van der Waals surface area contributed by atoms with Gasteiger partial charge in [-0.05, 0) is 61.8 Å². The van der Waals surface area contributed by atoms with Crippen molar-refractivity contribution in [1.82, 2.24) is 4.90 Å². The summed E-state index contributed by atoms with van der Waals surface area (Å²) in [6.07, 6.45) is 2.65. The number of benzene rings is 1. The van der Waals surface area contributed by atoms with Crippen LogP contribution in [-0.4, -0.2) is 42.2 Å². The normalized spacial score (nSPS) is 17.2. The summed E-state index contributed by atoms with van der Waals surface area (Å²) < 4.78 is 5.64. The second-order valence-corrected chi connectivity index (χ2v) is 6.93.